The van der Waals surface area contributed by atoms with E-state index in [1.807, 2.05) is 6.07 Å². The Hall–Kier alpha value is -2.41. The van der Waals surface area contributed by atoms with Gasteiger partial charge in [0.15, 0.2) is 5.11 Å². The molecule has 2 aromatic rings. The molecular weight excluding hydrogens is 334 g/mol. The van der Waals surface area contributed by atoms with Crippen molar-refractivity contribution in [2.24, 2.45) is 0 Å². The molecule has 2 N–H and O–H groups in total. The minimum Gasteiger partial charge on any atom is -0.481 e. The number of aromatic nitrogens is 2. The molecule has 0 saturated heterocycles. The molecule has 0 atom stereocenters. The van der Waals surface area contributed by atoms with Gasteiger partial charge in [0.25, 0.3) is 0 Å². The Labute approximate surface area is 152 Å². The summed E-state index contributed by atoms with van der Waals surface area (Å²) in [4.78, 5) is 11.2. The number of nitrogens with zero attached hydrogens (tertiary/aromatic N) is 3. The number of fused-ring (bicyclic) bond motifs is 1. The number of thiocarbonyl (C=S) groups is 1. The summed E-state index contributed by atoms with van der Waals surface area (Å²) in [7, 11) is 1.61. The Morgan fingerprint density at radius 1 is 1.24 bits per heavy atom. The Morgan fingerprint density at radius 3 is 2.80 bits per heavy atom. The van der Waals surface area contributed by atoms with Gasteiger partial charge in [-0.3, -0.25) is 0 Å². The van der Waals surface area contributed by atoms with Gasteiger partial charge in [0.2, 0.25) is 11.8 Å². The quantitative estimate of drug-likeness (QED) is 0.817. The van der Waals surface area contributed by atoms with Crippen molar-refractivity contribution >= 4 is 29.1 Å². The summed E-state index contributed by atoms with van der Waals surface area (Å²) in [5, 5.41) is 6.88. The van der Waals surface area contributed by atoms with Crippen LogP contribution in [0.5, 0.6) is 5.88 Å². The lowest BCUT2D eigenvalue weighted by Gasteiger charge is -2.30. The summed E-state index contributed by atoms with van der Waals surface area (Å²) < 4.78 is 5.35. The van der Waals surface area contributed by atoms with Gasteiger partial charge in [0.05, 0.1) is 7.11 Å². The van der Waals surface area contributed by atoms with Gasteiger partial charge < -0.3 is 20.3 Å². The first-order chi connectivity index (χ1) is 12.2. The van der Waals surface area contributed by atoms with Crippen LogP contribution in [-0.2, 0) is 13.0 Å². The minimum atomic E-state index is 0.464. The van der Waals surface area contributed by atoms with Crippen molar-refractivity contribution in [1.29, 1.82) is 0 Å². The maximum absolute atomic E-state index is 5.35. The number of ether oxygens (including phenoxy) is 1. The molecule has 1 aromatic carbocycles. The lowest BCUT2D eigenvalue weighted by atomic mass is 10.00. The van der Waals surface area contributed by atoms with Gasteiger partial charge in [0.1, 0.15) is 5.82 Å². The molecule has 4 rings (SSSR count). The van der Waals surface area contributed by atoms with Crippen LogP contribution < -0.4 is 20.3 Å². The average molecular weight is 355 g/mol. The fourth-order valence-corrected chi connectivity index (χ4v) is 3.24. The van der Waals surface area contributed by atoms with Gasteiger partial charge in [-0.25, -0.2) is 0 Å². The van der Waals surface area contributed by atoms with Gasteiger partial charge in [-0.15, -0.1) is 0 Å². The van der Waals surface area contributed by atoms with Gasteiger partial charge in [-0.2, -0.15) is 9.97 Å². The van der Waals surface area contributed by atoms with Crippen molar-refractivity contribution in [1.82, 2.24) is 15.3 Å². The number of benzene rings is 1. The smallest absolute Gasteiger partial charge is 0.234 e. The molecule has 0 spiro atoms. The molecule has 1 aliphatic carbocycles. The third-order valence-corrected chi connectivity index (χ3v) is 4.71. The second kappa shape index (κ2) is 6.84. The van der Waals surface area contributed by atoms with Crippen LogP contribution in [0.25, 0.3) is 0 Å². The van der Waals surface area contributed by atoms with E-state index in [0.29, 0.717) is 23.0 Å². The Bertz CT molecular complexity index is 793. The van der Waals surface area contributed by atoms with Crippen molar-refractivity contribution in [3.8, 4) is 5.88 Å². The third kappa shape index (κ3) is 3.82. The number of nitrogens with one attached hydrogen (secondary N) is 2. The standard InChI is InChI=1S/C18H21N5OS/c1-24-16-10-15(20-17(21-16)22-18(25)19-14-6-7-14)23-9-8-12-4-2-3-5-13(12)11-23/h2-5,10,14H,6-9,11H2,1H3,(H2,19,20,21,22,25). The van der Waals surface area contributed by atoms with E-state index in [-0.39, 0.29) is 0 Å². The predicted molar refractivity (Wildman–Crippen MR) is 102 cm³/mol. The Balaban J connectivity index is 1.54. The molecule has 0 unspecified atom stereocenters. The molecule has 0 bridgehead atoms. The van der Waals surface area contributed by atoms with Crippen molar-refractivity contribution in [3.05, 3.63) is 41.5 Å². The van der Waals surface area contributed by atoms with Crippen LogP contribution >= 0.6 is 12.2 Å². The number of anilines is 2. The van der Waals surface area contributed by atoms with E-state index in [9.17, 15) is 0 Å². The molecule has 7 heteroatoms. The summed E-state index contributed by atoms with van der Waals surface area (Å²) in [5.41, 5.74) is 2.75. The van der Waals surface area contributed by atoms with E-state index in [1.54, 1.807) is 7.11 Å². The normalized spacial score (nSPS) is 16.1. The number of rotatable bonds is 4. The molecule has 1 saturated carbocycles. The van der Waals surface area contributed by atoms with Crippen LogP contribution in [0.1, 0.15) is 24.0 Å². The fraction of sp³-hybridized carbons (Fsp3) is 0.389. The molecular formula is C18H21N5OS. The van der Waals surface area contributed by atoms with E-state index >= 15 is 0 Å². The highest BCUT2D eigenvalue weighted by Crippen LogP contribution is 2.26. The SMILES string of the molecule is COc1cc(N2CCc3ccccc3C2)nc(NC(=S)NC2CC2)n1. The summed E-state index contributed by atoms with van der Waals surface area (Å²) in [6.07, 6.45) is 3.34. The highest BCUT2D eigenvalue weighted by Gasteiger charge is 2.23. The third-order valence-electron chi connectivity index (χ3n) is 4.49. The minimum absolute atomic E-state index is 0.464. The zero-order valence-electron chi connectivity index (χ0n) is 14.2. The highest BCUT2D eigenvalue weighted by atomic mass is 32.1. The molecule has 1 aromatic heterocycles. The van der Waals surface area contributed by atoms with E-state index in [2.05, 4.69) is 49.8 Å². The van der Waals surface area contributed by atoms with Crippen LogP contribution in [-0.4, -0.2) is 34.8 Å². The largest absolute Gasteiger partial charge is 0.481 e. The zero-order chi connectivity index (χ0) is 17.2. The molecule has 6 nitrogen and oxygen atoms in total. The van der Waals surface area contributed by atoms with Crippen molar-refractivity contribution in [2.45, 2.75) is 31.8 Å². The second-order valence-corrected chi connectivity index (χ2v) is 6.81. The fourth-order valence-electron chi connectivity index (χ4n) is 2.98. The zero-order valence-corrected chi connectivity index (χ0v) is 15.0. The van der Waals surface area contributed by atoms with Crippen LogP contribution in [0.2, 0.25) is 0 Å². The average Bonchev–Trinajstić information content (AvgIpc) is 3.44. The second-order valence-electron chi connectivity index (χ2n) is 6.41. The predicted octanol–water partition coefficient (Wildman–Crippen LogP) is 2.50. The van der Waals surface area contributed by atoms with E-state index < -0.39 is 0 Å². The first-order valence-corrected chi connectivity index (χ1v) is 8.94. The lowest BCUT2D eigenvalue weighted by Crippen LogP contribution is -2.33. The van der Waals surface area contributed by atoms with Gasteiger partial charge in [-0.1, -0.05) is 24.3 Å². The number of hydrogen-bond donors (Lipinski definition) is 2. The van der Waals surface area contributed by atoms with Crippen molar-refractivity contribution in [3.63, 3.8) is 0 Å². The molecule has 25 heavy (non-hydrogen) atoms. The lowest BCUT2D eigenvalue weighted by molar-refractivity contribution is 0.397. The van der Waals surface area contributed by atoms with E-state index in [1.165, 1.54) is 24.0 Å². The highest BCUT2D eigenvalue weighted by molar-refractivity contribution is 7.80. The summed E-state index contributed by atoms with van der Waals surface area (Å²) >= 11 is 5.33. The van der Waals surface area contributed by atoms with Gasteiger partial charge >= 0.3 is 0 Å². The monoisotopic (exact) mass is 355 g/mol. The molecule has 2 heterocycles. The van der Waals surface area contributed by atoms with Crippen molar-refractivity contribution in [2.75, 3.05) is 23.9 Å². The van der Waals surface area contributed by atoms with E-state index in [4.69, 9.17) is 17.0 Å². The molecule has 130 valence electrons. The first-order valence-electron chi connectivity index (χ1n) is 8.53. The molecule has 0 amide bonds. The van der Waals surface area contributed by atoms with E-state index in [0.717, 1.165) is 25.3 Å². The molecule has 1 aliphatic heterocycles. The molecule has 1 fully saturated rings. The van der Waals surface area contributed by atoms with Crippen LogP contribution in [0.15, 0.2) is 30.3 Å². The first kappa shape index (κ1) is 16.1. The Kier molecular flexibility index (Phi) is 4.40. The van der Waals surface area contributed by atoms with Crippen LogP contribution in [0, 0.1) is 0 Å². The van der Waals surface area contributed by atoms with Crippen molar-refractivity contribution < 1.29 is 4.74 Å². The van der Waals surface area contributed by atoms with Gasteiger partial charge in [0, 0.05) is 25.2 Å². The molecule has 2 aliphatic rings. The van der Waals surface area contributed by atoms with Crippen LogP contribution in [0.3, 0.4) is 0 Å². The summed E-state index contributed by atoms with van der Waals surface area (Å²) in [6.45, 7) is 1.75. The maximum Gasteiger partial charge on any atom is 0.234 e. The maximum atomic E-state index is 5.35. The summed E-state index contributed by atoms with van der Waals surface area (Å²) in [6, 6.07) is 10.9. The Morgan fingerprint density at radius 2 is 2.04 bits per heavy atom. The van der Waals surface area contributed by atoms with Gasteiger partial charge in [-0.05, 0) is 42.6 Å². The van der Waals surface area contributed by atoms with Crippen LogP contribution in [0.4, 0.5) is 11.8 Å². The summed E-state index contributed by atoms with van der Waals surface area (Å²) in [5.74, 6) is 1.84. The number of methoxy groups -OCH3 is 1. The molecule has 0 radical (unpaired) electrons. The number of hydrogen-bond acceptors (Lipinski definition) is 5. The topological polar surface area (TPSA) is 62.3 Å².